The first-order valence-electron chi connectivity index (χ1n) is 5.72. The minimum Gasteiger partial charge on any atom is -0.282 e. The molecule has 1 saturated carbocycles. The minimum absolute atomic E-state index is 0.138. The first kappa shape index (κ1) is 13.0. The molecule has 0 amide bonds. The molecular formula is C13H15NO3S. The van der Waals surface area contributed by atoms with Gasteiger partial charge in [-0.1, -0.05) is 19.6 Å². The Hall–Kier alpha value is -1.46. The van der Waals surface area contributed by atoms with Gasteiger partial charge in [-0.2, -0.15) is 8.42 Å². The van der Waals surface area contributed by atoms with E-state index in [9.17, 15) is 8.42 Å². The average molecular weight is 265 g/mol. The van der Waals surface area contributed by atoms with Crippen molar-refractivity contribution in [3.05, 3.63) is 36.4 Å². The number of nitrogens with zero attached hydrogens (tertiary/aromatic N) is 1. The summed E-state index contributed by atoms with van der Waals surface area (Å²) in [6.07, 6.45) is 1.95. The highest BCUT2D eigenvalue weighted by Crippen LogP contribution is 2.29. The van der Waals surface area contributed by atoms with Crippen LogP contribution >= 0.6 is 0 Å². The quantitative estimate of drug-likeness (QED) is 0.836. The SMILES string of the molecule is C=C1CCC(C)C1=Nc1cccc(S(=O)(=O)O)c1. The monoisotopic (exact) mass is 265 g/mol. The van der Waals surface area contributed by atoms with Crippen molar-refractivity contribution in [3.8, 4) is 0 Å². The van der Waals surface area contributed by atoms with E-state index in [1.54, 1.807) is 12.1 Å². The number of hydrogen-bond donors (Lipinski definition) is 1. The molecule has 1 aromatic rings. The van der Waals surface area contributed by atoms with E-state index in [1.165, 1.54) is 12.1 Å². The van der Waals surface area contributed by atoms with Gasteiger partial charge in [0.05, 0.1) is 10.6 Å². The van der Waals surface area contributed by atoms with E-state index in [2.05, 4.69) is 18.5 Å². The minimum atomic E-state index is -4.18. The van der Waals surface area contributed by atoms with Crippen LogP contribution in [0.2, 0.25) is 0 Å². The first-order valence-corrected chi connectivity index (χ1v) is 7.16. The van der Waals surface area contributed by atoms with Gasteiger partial charge in [0.1, 0.15) is 0 Å². The molecule has 2 rings (SSSR count). The second kappa shape index (κ2) is 4.66. The van der Waals surface area contributed by atoms with Gasteiger partial charge in [0, 0.05) is 5.71 Å². The molecule has 0 bridgehead atoms. The maximum absolute atomic E-state index is 11.0. The predicted octanol–water partition coefficient (Wildman–Crippen LogP) is 2.99. The van der Waals surface area contributed by atoms with E-state index < -0.39 is 10.1 Å². The van der Waals surface area contributed by atoms with Crippen molar-refractivity contribution in [2.24, 2.45) is 10.9 Å². The lowest BCUT2D eigenvalue weighted by atomic mass is 10.1. The van der Waals surface area contributed by atoms with Crippen molar-refractivity contribution in [1.82, 2.24) is 0 Å². The van der Waals surface area contributed by atoms with Crippen LogP contribution in [0.1, 0.15) is 19.8 Å². The smallest absolute Gasteiger partial charge is 0.282 e. The summed E-state index contributed by atoms with van der Waals surface area (Å²) in [5.41, 5.74) is 2.44. The van der Waals surface area contributed by atoms with Gasteiger partial charge in [0.25, 0.3) is 10.1 Å². The standard InChI is InChI=1S/C13H15NO3S/c1-9-6-7-10(2)13(9)14-11-4-3-5-12(8-11)18(15,16)17/h3-5,8,10H,1,6-7H2,2H3,(H,15,16,17). The Morgan fingerprint density at radius 2 is 2.17 bits per heavy atom. The van der Waals surface area contributed by atoms with Crippen molar-refractivity contribution in [2.75, 3.05) is 0 Å². The molecule has 1 N–H and O–H groups in total. The van der Waals surface area contributed by atoms with Crippen LogP contribution in [-0.2, 0) is 10.1 Å². The Morgan fingerprint density at radius 1 is 1.44 bits per heavy atom. The molecule has 0 spiro atoms. The number of allylic oxidation sites excluding steroid dienone is 1. The number of aliphatic imine (C=N–C) groups is 1. The van der Waals surface area contributed by atoms with Gasteiger partial charge < -0.3 is 0 Å². The molecule has 1 atom stereocenters. The Morgan fingerprint density at radius 3 is 2.72 bits per heavy atom. The molecule has 18 heavy (non-hydrogen) atoms. The first-order chi connectivity index (χ1) is 8.38. The van der Waals surface area contributed by atoms with Gasteiger partial charge in [-0.3, -0.25) is 9.55 Å². The van der Waals surface area contributed by atoms with Crippen LogP contribution < -0.4 is 0 Å². The van der Waals surface area contributed by atoms with E-state index in [-0.39, 0.29) is 4.90 Å². The van der Waals surface area contributed by atoms with Crippen LogP contribution in [0.15, 0.2) is 46.3 Å². The van der Waals surface area contributed by atoms with Gasteiger partial charge >= 0.3 is 0 Å². The topological polar surface area (TPSA) is 66.7 Å². The summed E-state index contributed by atoms with van der Waals surface area (Å²) in [4.78, 5) is 4.30. The molecule has 0 radical (unpaired) electrons. The van der Waals surface area contributed by atoms with Crippen LogP contribution in [0, 0.1) is 5.92 Å². The molecule has 1 aromatic carbocycles. The lowest BCUT2D eigenvalue weighted by molar-refractivity contribution is 0.483. The maximum Gasteiger partial charge on any atom is 0.294 e. The lowest BCUT2D eigenvalue weighted by Gasteiger charge is -2.05. The van der Waals surface area contributed by atoms with Crippen molar-refractivity contribution in [3.63, 3.8) is 0 Å². The zero-order valence-corrected chi connectivity index (χ0v) is 10.9. The molecule has 0 saturated heterocycles. The van der Waals surface area contributed by atoms with Crippen LogP contribution in [0.5, 0.6) is 0 Å². The fourth-order valence-electron chi connectivity index (χ4n) is 2.05. The Kier molecular flexibility index (Phi) is 3.36. The summed E-state index contributed by atoms with van der Waals surface area (Å²) in [6.45, 7) is 6.03. The molecule has 1 aliphatic carbocycles. The fraction of sp³-hybridized carbons (Fsp3) is 0.308. The molecule has 4 nitrogen and oxygen atoms in total. The Bertz CT molecular complexity index is 617. The third kappa shape index (κ3) is 2.68. The van der Waals surface area contributed by atoms with Crippen LogP contribution in [0.25, 0.3) is 0 Å². The number of benzene rings is 1. The molecular weight excluding hydrogens is 250 g/mol. The summed E-state index contributed by atoms with van der Waals surface area (Å²) in [6, 6.07) is 5.97. The zero-order chi connectivity index (χ0) is 13.3. The fourth-order valence-corrected chi connectivity index (χ4v) is 2.57. The average Bonchev–Trinajstić information content (AvgIpc) is 2.60. The van der Waals surface area contributed by atoms with Crippen molar-refractivity contribution >= 4 is 21.5 Å². The highest BCUT2D eigenvalue weighted by Gasteiger charge is 2.21. The number of hydrogen-bond acceptors (Lipinski definition) is 3. The third-order valence-electron chi connectivity index (χ3n) is 3.07. The van der Waals surface area contributed by atoms with Gasteiger partial charge in [0.15, 0.2) is 0 Å². The predicted molar refractivity (Wildman–Crippen MR) is 70.9 cm³/mol. The van der Waals surface area contributed by atoms with E-state index >= 15 is 0 Å². The largest absolute Gasteiger partial charge is 0.294 e. The van der Waals surface area contributed by atoms with E-state index in [0.29, 0.717) is 11.6 Å². The summed E-state index contributed by atoms with van der Waals surface area (Å²) < 4.78 is 31.1. The summed E-state index contributed by atoms with van der Waals surface area (Å²) in [5.74, 6) is 0.340. The molecule has 0 aromatic heterocycles. The highest BCUT2D eigenvalue weighted by molar-refractivity contribution is 7.85. The van der Waals surface area contributed by atoms with Crippen LogP contribution in [0.3, 0.4) is 0 Å². The summed E-state index contributed by atoms with van der Waals surface area (Å²) in [7, 11) is -4.18. The molecule has 0 aliphatic heterocycles. The third-order valence-corrected chi connectivity index (χ3v) is 3.92. The van der Waals surface area contributed by atoms with Gasteiger partial charge in [0.2, 0.25) is 0 Å². The van der Waals surface area contributed by atoms with E-state index in [1.807, 2.05) is 0 Å². The summed E-state index contributed by atoms with van der Waals surface area (Å²) in [5, 5.41) is 0. The van der Waals surface area contributed by atoms with Gasteiger partial charge in [-0.05, 0) is 42.5 Å². The molecule has 1 unspecified atom stereocenters. The molecule has 96 valence electrons. The zero-order valence-electron chi connectivity index (χ0n) is 10.1. The van der Waals surface area contributed by atoms with Crippen molar-refractivity contribution < 1.29 is 13.0 Å². The van der Waals surface area contributed by atoms with E-state index in [0.717, 1.165) is 24.1 Å². The number of rotatable bonds is 2. The van der Waals surface area contributed by atoms with Crippen LogP contribution in [-0.4, -0.2) is 18.7 Å². The molecule has 5 heteroatoms. The Balaban J connectivity index is 2.41. The molecule has 0 heterocycles. The molecule has 1 fully saturated rings. The maximum atomic E-state index is 11.0. The van der Waals surface area contributed by atoms with E-state index in [4.69, 9.17) is 4.55 Å². The lowest BCUT2D eigenvalue weighted by Crippen LogP contribution is -2.03. The molecule has 1 aliphatic rings. The van der Waals surface area contributed by atoms with Gasteiger partial charge in [-0.15, -0.1) is 0 Å². The van der Waals surface area contributed by atoms with Gasteiger partial charge in [-0.25, -0.2) is 0 Å². The van der Waals surface area contributed by atoms with Crippen molar-refractivity contribution in [2.45, 2.75) is 24.7 Å². The van der Waals surface area contributed by atoms with Crippen molar-refractivity contribution in [1.29, 1.82) is 0 Å². The summed E-state index contributed by atoms with van der Waals surface area (Å²) >= 11 is 0. The second-order valence-corrected chi connectivity index (χ2v) is 5.93. The Labute approximate surface area is 107 Å². The highest BCUT2D eigenvalue weighted by atomic mass is 32.2. The second-order valence-electron chi connectivity index (χ2n) is 4.51. The van der Waals surface area contributed by atoms with Crippen LogP contribution in [0.4, 0.5) is 5.69 Å². The normalized spacial score (nSPS) is 22.7.